The van der Waals surface area contributed by atoms with Gasteiger partial charge in [-0.2, -0.15) is 0 Å². The van der Waals surface area contributed by atoms with Gasteiger partial charge in [-0.3, -0.25) is 14.5 Å². The summed E-state index contributed by atoms with van der Waals surface area (Å²) in [5, 5.41) is 11.5. The van der Waals surface area contributed by atoms with Gasteiger partial charge in [0.25, 0.3) is 5.91 Å². The van der Waals surface area contributed by atoms with Gasteiger partial charge in [-0.1, -0.05) is 42.5 Å². The summed E-state index contributed by atoms with van der Waals surface area (Å²) >= 11 is 0. The number of fused-ring (bicyclic) bond motifs is 1. The second-order valence-electron chi connectivity index (χ2n) is 9.62. The van der Waals surface area contributed by atoms with Gasteiger partial charge in [0.2, 0.25) is 0 Å². The minimum Gasteiger partial charge on any atom is -0.497 e. The molecule has 0 bridgehead atoms. The monoisotopic (exact) mass is 488 g/mol. The summed E-state index contributed by atoms with van der Waals surface area (Å²) in [6.07, 6.45) is 1.45. The van der Waals surface area contributed by atoms with E-state index in [1.165, 1.54) is 0 Å². The van der Waals surface area contributed by atoms with E-state index in [1.807, 2.05) is 71.6 Å². The van der Waals surface area contributed by atoms with Crippen LogP contribution in [0.15, 0.2) is 66.7 Å². The lowest BCUT2D eigenvalue weighted by Crippen LogP contribution is -2.59. The Bertz CT molecular complexity index is 1230. The van der Waals surface area contributed by atoms with Crippen LogP contribution in [-0.4, -0.2) is 72.3 Å². The Balaban J connectivity index is 1.37. The largest absolute Gasteiger partial charge is 0.497 e. The number of carbonyl (C=O) groups is 2. The van der Waals surface area contributed by atoms with Crippen LogP contribution in [0.25, 0.3) is 10.8 Å². The van der Waals surface area contributed by atoms with Crippen molar-refractivity contribution in [3.8, 4) is 5.75 Å². The number of morpholine rings is 1. The van der Waals surface area contributed by atoms with Gasteiger partial charge in [-0.05, 0) is 53.4 Å². The summed E-state index contributed by atoms with van der Waals surface area (Å²) in [4.78, 5) is 28.9. The first-order valence-corrected chi connectivity index (χ1v) is 12.5. The Kier molecular flexibility index (Phi) is 6.94. The molecule has 7 heteroatoms. The summed E-state index contributed by atoms with van der Waals surface area (Å²) in [6, 6.07) is 21.8. The first-order valence-electron chi connectivity index (χ1n) is 12.5. The van der Waals surface area contributed by atoms with Crippen LogP contribution in [0.2, 0.25) is 0 Å². The minimum absolute atomic E-state index is 0.0372. The van der Waals surface area contributed by atoms with Crippen molar-refractivity contribution in [2.75, 3.05) is 39.9 Å². The molecule has 2 fully saturated rings. The number of nitrogens with zero attached hydrogens (tertiary/aromatic N) is 2. The molecule has 0 radical (unpaired) electrons. The molecule has 0 aliphatic carbocycles. The van der Waals surface area contributed by atoms with Crippen molar-refractivity contribution in [1.82, 2.24) is 9.80 Å². The number of hydrogen-bond donors (Lipinski definition) is 1. The number of methoxy groups -OCH3 is 1. The average molecular weight is 489 g/mol. The molecule has 1 unspecified atom stereocenters. The number of ether oxygens (including phenoxy) is 2. The second kappa shape index (κ2) is 10.3. The van der Waals surface area contributed by atoms with Crippen molar-refractivity contribution in [3.63, 3.8) is 0 Å². The Morgan fingerprint density at radius 2 is 1.72 bits per heavy atom. The molecule has 188 valence electrons. The van der Waals surface area contributed by atoms with Crippen molar-refractivity contribution >= 4 is 22.6 Å². The lowest BCUT2D eigenvalue weighted by Gasteiger charge is -2.53. The van der Waals surface area contributed by atoms with Crippen molar-refractivity contribution in [2.45, 2.75) is 30.9 Å². The van der Waals surface area contributed by atoms with Crippen LogP contribution in [0.1, 0.15) is 41.2 Å². The zero-order valence-corrected chi connectivity index (χ0v) is 20.6. The van der Waals surface area contributed by atoms with E-state index in [1.54, 1.807) is 7.11 Å². The quantitative estimate of drug-likeness (QED) is 0.555. The molecule has 0 saturated carbocycles. The number of benzene rings is 3. The van der Waals surface area contributed by atoms with E-state index in [0.29, 0.717) is 51.2 Å². The smallest absolute Gasteiger partial charge is 0.304 e. The fourth-order valence-electron chi connectivity index (χ4n) is 5.70. The number of amides is 1. The topological polar surface area (TPSA) is 79.3 Å². The highest BCUT2D eigenvalue weighted by Crippen LogP contribution is 2.45. The highest BCUT2D eigenvalue weighted by Gasteiger charge is 2.49. The molecule has 36 heavy (non-hydrogen) atoms. The lowest BCUT2D eigenvalue weighted by molar-refractivity contribution is -0.172. The highest BCUT2D eigenvalue weighted by atomic mass is 16.5. The molecule has 5 rings (SSSR count). The van der Waals surface area contributed by atoms with Crippen LogP contribution in [0, 0.1) is 0 Å². The van der Waals surface area contributed by atoms with E-state index in [0.717, 1.165) is 22.1 Å². The Morgan fingerprint density at radius 3 is 2.42 bits per heavy atom. The van der Waals surface area contributed by atoms with Gasteiger partial charge in [-0.15, -0.1) is 0 Å². The Morgan fingerprint density at radius 1 is 1.00 bits per heavy atom. The maximum Gasteiger partial charge on any atom is 0.304 e. The maximum absolute atomic E-state index is 13.4. The average Bonchev–Trinajstić information content (AvgIpc) is 2.92. The third-order valence-corrected chi connectivity index (χ3v) is 7.57. The zero-order valence-electron chi connectivity index (χ0n) is 20.6. The molecule has 1 atom stereocenters. The van der Waals surface area contributed by atoms with E-state index in [4.69, 9.17) is 9.47 Å². The molecule has 1 spiro atoms. The maximum atomic E-state index is 13.4. The SMILES string of the molecule is COc1ccc(C2N(CCC(=O)O)CCOC23CCN(C(=O)c2ccc4ccccc4c2)CC3)cc1. The van der Waals surface area contributed by atoms with Gasteiger partial charge >= 0.3 is 5.97 Å². The lowest BCUT2D eigenvalue weighted by atomic mass is 9.78. The molecule has 2 heterocycles. The number of carbonyl (C=O) groups excluding carboxylic acids is 1. The summed E-state index contributed by atoms with van der Waals surface area (Å²) in [7, 11) is 1.64. The molecule has 2 aliphatic heterocycles. The summed E-state index contributed by atoms with van der Waals surface area (Å²) < 4.78 is 11.8. The second-order valence-corrected chi connectivity index (χ2v) is 9.62. The predicted octanol–water partition coefficient (Wildman–Crippen LogP) is 4.37. The molecule has 2 saturated heterocycles. The molecule has 7 nitrogen and oxygen atoms in total. The molecule has 3 aromatic carbocycles. The van der Waals surface area contributed by atoms with Crippen LogP contribution in [0.4, 0.5) is 0 Å². The molecular weight excluding hydrogens is 456 g/mol. The van der Waals surface area contributed by atoms with Gasteiger partial charge in [-0.25, -0.2) is 0 Å². The molecule has 1 N–H and O–H groups in total. The molecule has 0 aromatic heterocycles. The van der Waals surface area contributed by atoms with E-state index < -0.39 is 11.6 Å². The van der Waals surface area contributed by atoms with Crippen molar-refractivity contribution in [2.24, 2.45) is 0 Å². The third-order valence-electron chi connectivity index (χ3n) is 7.57. The van der Waals surface area contributed by atoms with E-state index in [9.17, 15) is 14.7 Å². The number of carboxylic acid groups (broad SMARTS) is 1. The number of aliphatic carboxylic acids is 1. The predicted molar refractivity (Wildman–Crippen MR) is 137 cm³/mol. The van der Waals surface area contributed by atoms with Crippen molar-refractivity contribution in [3.05, 3.63) is 77.9 Å². The van der Waals surface area contributed by atoms with Gasteiger partial charge in [0.15, 0.2) is 0 Å². The van der Waals surface area contributed by atoms with Crippen molar-refractivity contribution < 1.29 is 24.2 Å². The van der Waals surface area contributed by atoms with Crippen molar-refractivity contribution in [1.29, 1.82) is 0 Å². The van der Waals surface area contributed by atoms with Crippen LogP contribution in [0.5, 0.6) is 5.75 Å². The number of likely N-dealkylation sites (tertiary alicyclic amines) is 1. The Labute approximate surface area is 211 Å². The molecule has 2 aliphatic rings. The van der Waals surface area contributed by atoms with Crippen LogP contribution in [0.3, 0.4) is 0 Å². The molecule has 1 amide bonds. The van der Waals surface area contributed by atoms with Crippen LogP contribution >= 0.6 is 0 Å². The van der Waals surface area contributed by atoms with Crippen LogP contribution in [-0.2, 0) is 9.53 Å². The standard InChI is InChI=1S/C29H32N2O5/c1-35-25-10-8-22(9-11-25)27-29(36-19-18-30(27)15-12-26(32)33)13-16-31(17-14-29)28(34)24-7-6-21-4-2-3-5-23(21)20-24/h2-11,20,27H,12-19H2,1H3,(H,32,33). The first-order chi connectivity index (χ1) is 17.5. The van der Waals surface area contributed by atoms with Gasteiger partial charge in [0.1, 0.15) is 5.75 Å². The number of rotatable bonds is 6. The third kappa shape index (κ3) is 4.81. The summed E-state index contributed by atoms with van der Waals surface area (Å²) in [5.74, 6) is 0.00684. The highest BCUT2D eigenvalue weighted by molar-refractivity contribution is 5.98. The van der Waals surface area contributed by atoms with E-state index in [-0.39, 0.29) is 18.4 Å². The zero-order chi connectivity index (χ0) is 25.1. The van der Waals surface area contributed by atoms with Crippen LogP contribution < -0.4 is 4.74 Å². The van der Waals surface area contributed by atoms with Gasteiger partial charge < -0.3 is 19.5 Å². The van der Waals surface area contributed by atoms with E-state index >= 15 is 0 Å². The van der Waals surface area contributed by atoms with E-state index in [2.05, 4.69) is 4.90 Å². The summed E-state index contributed by atoms with van der Waals surface area (Å²) in [5.41, 5.74) is 1.30. The molecule has 3 aromatic rings. The first kappa shape index (κ1) is 24.3. The fraction of sp³-hybridized carbons (Fsp3) is 0.379. The molecular formula is C29H32N2O5. The van der Waals surface area contributed by atoms with Gasteiger partial charge in [0.05, 0.1) is 31.8 Å². The normalized spacial score (nSPS) is 19.9. The van der Waals surface area contributed by atoms with Gasteiger partial charge in [0, 0.05) is 31.7 Å². The number of hydrogen-bond acceptors (Lipinski definition) is 5. The number of carboxylic acids is 1. The summed E-state index contributed by atoms with van der Waals surface area (Å²) in [6.45, 7) is 2.85. The Hall–Kier alpha value is -3.42. The minimum atomic E-state index is -0.806. The fourth-order valence-corrected chi connectivity index (χ4v) is 5.70. The number of piperidine rings is 1.